The molecule has 2 heterocycles. The minimum absolute atomic E-state index is 0.136. The van der Waals surface area contributed by atoms with Gasteiger partial charge >= 0.3 is 0 Å². The van der Waals surface area contributed by atoms with E-state index in [9.17, 15) is 15.0 Å². The van der Waals surface area contributed by atoms with Gasteiger partial charge in [-0.3, -0.25) is 4.79 Å². The Labute approximate surface area is 133 Å². The van der Waals surface area contributed by atoms with Crippen LogP contribution in [0, 0.1) is 6.92 Å². The number of aliphatic imine (C=N–C) groups is 1. The summed E-state index contributed by atoms with van der Waals surface area (Å²) in [4.78, 5) is 19.1. The highest BCUT2D eigenvalue weighted by Gasteiger charge is 2.52. The Kier molecular flexibility index (Phi) is 2.83. The highest BCUT2D eigenvalue weighted by Crippen LogP contribution is 2.40. The number of phenols is 1. The minimum Gasteiger partial charge on any atom is -0.508 e. The number of phenolic OH excluding ortho intramolecular Hbond substituents is 1. The third kappa shape index (κ3) is 1.97. The molecule has 1 atom stereocenters. The maximum atomic E-state index is 12.8. The molecule has 2 aromatic rings. The second-order valence-corrected chi connectivity index (χ2v) is 6.07. The fraction of sp³-hybridized carbons (Fsp3) is 0.222. The van der Waals surface area contributed by atoms with E-state index in [0.717, 1.165) is 5.56 Å². The lowest BCUT2D eigenvalue weighted by Crippen LogP contribution is -2.48. The van der Waals surface area contributed by atoms with E-state index in [2.05, 4.69) is 4.99 Å². The number of Topliss-reactive ketones (excluding diaryl/α,β-unsaturated/α-hetero) is 1. The number of carbonyl (C=O) groups excluding carboxylic acids is 1. The first-order valence-electron chi connectivity index (χ1n) is 7.52. The van der Waals surface area contributed by atoms with E-state index in [1.165, 1.54) is 0 Å². The van der Waals surface area contributed by atoms with Crippen molar-refractivity contribution < 1.29 is 15.0 Å². The molecule has 5 nitrogen and oxygen atoms in total. The molecule has 1 unspecified atom stereocenters. The van der Waals surface area contributed by atoms with Crippen molar-refractivity contribution in [1.29, 1.82) is 0 Å². The second kappa shape index (κ2) is 4.67. The summed E-state index contributed by atoms with van der Waals surface area (Å²) in [7, 11) is 0. The van der Waals surface area contributed by atoms with Crippen LogP contribution >= 0.6 is 0 Å². The number of nitrogens with zero attached hydrogens (tertiary/aromatic N) is 2. The molecule has 0 bridgehead atoms. The number of ketones is 1. The molecular formula is C18H16N2O3. The van der Waals surface area contributed by atoms with Crippen LogP contribution in [-0.4, -0.2) is 34.0 Å². The van der Waals surface area contributed by atoms with Gasteiger partial charge in [0.25, 0.3) is 0 Å². The van der Waals surface area contributed by atoms with Crippen molar-refractivity contribution in [1.82, 2.24) is 0 Å². The molecule has 0 spiro atoms. The number of aromatic hydroxyl groups is 1. The van der Waals surface area contributed by atoms with E-state index in [-0.39, 0.29) is 18.0 Å². The lowest BCUT2D eigenvalue weighted by Gasteiger charge is -2.29. The fourth-order valence-electron chi connectivity index (χ4n) is 3.26. The maximum Gasteiger partial charge on any atom is 0.204 e. The molecule has 0 aliphatic carbocycles. The predicted octanol–water partition coefficient (Wildman–Crippen LogP) is 2.57. The van der Waals surface area contributed by atoms with Crippen molar-refractivity contribution in [3.05, 3.63) is 53.6 Å². The van der Waals surface area contributed by atoms with Gasteiger partial charge < -0.3 is 15.1 Å². The highest BCUT2D eigenvalue weighted by molar-refractivity contribution is 6.28. The van der Waals surface area contributed by atoms with Crippen molar-refractivity contribution in [3.63, 3.8) is 0 Å². The fourth-order valence-corrected chi connectivity index (χ4v) is 3.26. The third-order valence-corrected chi connectivity index (χ3v) is 4.46. The number of benzene rings is 2. The zero-order chi connectivity index (χ0) is 16.2. The van der Waals surface area contributed by atoms with E-state index in [0.29, 0.717) is 29.3 Å². The van der Waals surface area contributed by atoms with Gasteiger partial charge in [0, 0.05) is 30.3 Å². The van der Waals surface area contributed by atoms with Crippen LogP contribution < -0.4 is 4.90 Å². The number of aryl methyl sites for hydroxylation is 1. The van der Waals surface area contributed by atoms with E-state index < -0.39 is 5.60 Å². The molecule has 5 heteroatoms. The zero-order valence-corrected chi connectivity index (χ0v) is 12.7. The lowest BCUT2D eigenvalue weighted by molar-refractivity contribution is 0.0602. The Morgan fingerprint density at radius 1 is 1.22 bits per heavy atom. The lowest BCUT2D eigenvalue weighted by atomic mass is 9.87. The molecule has 2 aromatic carbocycles. The van der Waals surface area contributed by atoms with Gasteiger partial charge in [0.15, 0.2) is 5.60 Å². The molecular weight excluding hydrogens is 292 g/mol. The summed E-state index contributed by atoms with van der Waals surface area (Å²) in [5.74, 6) is 0.171. The Bertz CT molecular complexity index is 859. The first-order chi connectivity index (χ1) is 11.0. The summed E-state index contributed by atoms with van der Waals surface area (Å²) >= 11 is 0. The summed E-state index contributed by atoms with van der Waals surface area (Å²) in [6, 6.07) is 12.2. The van der Waals surface area contributed by atoms with E-state index in [1.807, 2.05) is 19.1 Å². The van der Waals surface area contributed by atoms with E-state index in [4.69, 9.17) is 0 Å². The van der Waals surface area contributed by atoms with Gasteiger partial charge in [-0.25, -0.2) is 4.99 Å². The molecule has 2 N–H and O–H groups in total. The van der Waals surface area contributed by atoms with Crippen molar-refractivity contribution in [2.75, 3.05) is 11.4 Å². The number of anilines is 1. The summed E-state index contributed by atoms with van der Waals surface area (Å²) < 4.78 is 0. The summed E-state index contributed by atoms with van der Waals surface area (Å²) in [6.45, 7) is 2.38. The number of fused-ring (bicyclic) bond motifs is 2. The predicted molar refractivity (Wildman–Crippen MR) is 87.6 cm³/mol. The second-order valence-electron chi connectivity index (χ2n) is 6.07. The maximum absolute atomic E-state index is 12.8. The molecule has 4 rings (SSSR count). The monoisotopic (exact) mass is 308 g/mol. The van der Waals surface area contributed by atoms with Gasteiger partial charge in [0.2, 0.25) is 5.78 Å². The quantitative estimate of drug-likeness (QED) is 0.849. The number of rotatable bonds is 1. The number of carbonyl (C=O) groups is 1. The molecule has 0 saturated carbocycles. The Morgan fingerprint density at radius 3 is 2.83 bits per heavy atom. The third-order valence-electron chi connectivity index (χ3n) is 4.46. The standard InChI is InChI=1S/C18H16N2O3/c1-11-5-6-15-14(9-11)16(22)18(23)7-8-20(17(18)19-15)12-3-2-4-13(21)10-12/h2-6,9-10,21,23H,7-8H2,1H3. The van der Waals surface area contributed by atoms with Crippen LogP contribution in [0.3, 0.4) is 0 Å². The van der Waals surface area contributed by atoms with Crippen LogP contribution in [0.2, 0.25) is 0 Å². The number of hydrogen-bond donors (Lipinski definition) is 2. The average Bonchev–Trinajstić information content (AvgIpc) is 2.87. The summed E-state index contributed by atoms with van der Waals surface area (Å²) in [5, 5.41) is 20.6. The first kappa shape index (κ1) is 14.0. The van der Waals surface area contributed by atoms with Gasteiger partial charge in [-0.05, 0) is 31.2 Å². The van der Waals surface area contributed by atoms with Gasteiger partial charge in [-0.2, -0.15) is 0 Å². The van der Waals surface area contributed by atoms with Crippen molar-refractivity contribution >= 4 is 23.0 Å². The molecule has 116 valence electrons. The average molecular weight is 308 g/mol. The van der Waals surface area contributed by atoms with Gasteiger partial charge in [0.1, 0.15) is 11.6 Å². The number of aliphatic hydroxyl groups is 1. The molecule has 2 aliphatic rings. The van der Waals surface area contributed by atoms with Crippen LogP contribution in [-0.2, 0) is 0 Å². The molecule has 0 amide bonds. The molecule has 0 radical (unpaired) electrons. The van der Waals surface area contributed by atoms with Crippen molar-refractivity contribution in [2.45, 2.75) is 18.9 Å². The highest BCUT2D eigenvalue weighted by atomic mass is 16.3. The van der Waals surface area contributed by atoms with Crippen LogP contribution in [0.4, 0.5) is 11.4 Å². The largest absolute Gasteiger partial charge is 0.508 e. The van der Waals surface area contributed by atoms with Crippen LogP contribution in [0.5, 0.6) is 5.75 Å². The normalized spacial score (nSPS) is 22.6. The van der Waals surface area contributed by atoms with Gasteiger partial charge in [-0.15, -0.1) is 0 Å². The van der Waals surface area contributed by atoms with Crippen LogP contribution in [0.1, 0.15) is 22.3 Å². The number of hydrogen-bond acceptors (Lipinski definition) is 5. The summed E-state index contributed by atoms with van der Waals surface area (Å²) in [6.07, 6.45) is 0.285. The van der Waals surface area contributed by atoms with E-state index in [1.54, 1.807) is 35.2 Å². The molecule has 1 saturated heterocycles. The smallest absolute Gasteiger partial charge is 0.204 e. The Morgan fingerprint density at radius 2 is 2.04 bits per heavy atom. The molecule has 2 aliphatic heterocycles. The van der Waals surface area contributed by atoms with E-state index >= 15 is 0 Å². The van der Waals surface area contributed by atoms with Crippen molar-refractivity contribution in [3.8, 4) is 5.75 Å². The van der Waals surface area contributed by atoms with Crippen LogP contribution in [0.15, 0.2) is 47.5 Å². The Hall–Kier alpha value is -2.66. The summed E-state index contributed by atoms with van der Waals surface area (Å²) in [5.41, 5.74) is 1.12. The molecule has 23 heavy (non-hydrogen) atoms. The van der Waals surface area contributed by atoms with Crippen molar-refractivity contribution in [2.24, 2.45) is 4.99 Å². The van der Waals surface area contributed by atoms with Crippen LogP contribution in [0.25, 0.3) is 0 Å². The first-order valence-corrected chi connectivity index (χ1v) is 7.52. The molecule has 1 fully saturated rings. The van der Waals surface area contributed by atoms with Gasteiger partial charge in [-0.1, -0.05) is 17.7 Å². The zero-order valence-electron chi connectivity index (χ0n) is 12.7. The Balaban J connectivity index is 1.87. The molecule has 0 aromatic heterocycles. The topological polar surface area (TPSA) is 73.1 Å². The van der Waals surface area contributed by atoms with Gasteiger partial charge in [0.05, 0.1) is 5.69 Å². The SMILES string of the molecule is Cc1ccc2c(c1)C(=O)C1(O)CCN(c3cccc(O)c3)C1=N2. The number of amidine groups is 1. The minimum atomic E-state index is -1.59.